The van der Waals surface area contributed by atoms with Crippen molar-refractivity contribution in [1.82, 2.24) is 19.4 Å². The number of aromatic nitrogens is 3. The third-order valence-electron chi connectivity index (χ3n) is 5.29. The fourth-order valence-electron chi connectivity index (χ4n) is 3.86. The number of piperidine rings is 1. The number of nitrogens with one attached hydrogen (secondary N) is 1. The number of likely N-dealkylation sites (tertiary alicyclic amines) is 1. The zero-order valence-corrected chi connectivity index (χ0v) is 15.9. The second-order valence-corrected chi connectivity index (χ2v) is 7.33. The van der Waals surface area contributed by atoms with Crippen LogP contribution in [0.2, 0.25) is 0 Å². The summed E-state index contributed by atoms with van der Waals surface area (Å²) in [6.45, 7) is 6.66. The Bertz CT molecular complexity index is 895. The summed E-state index contributed by atoms with van der Waals surface area (Å²) in [5.74, 6) is 0.941. The number of imidazole rings is 1. The highest BCUT2D eigenvalue weighted by Crippen LogP contribution is 2.23. The molecule has 0 amide bonds. The van der Waals surface area contributed by atoms with E-state index in [4.69, 9.17) is 10.7 Å². The van der Waals surface area contributed by atoms with Crippen molar-refractivity contribution in [2.45, 2.75) is 32.4 Å². The molecule has 3 heterocycles. The first-order chi connectivity index (χ1) is 13.2. The SMILES string of the molecule is Cc1cccc(Cn2c(NC3CCN(CCN)CC3)nc3ccccc32)n1. The predicted octanol–water partition coefficient (Wildman–Crippen LogP) is 2.62. The number of nitrogens with two attached hydrogens (primary N) is 1. The summed E-state index contributed by atoms with van der Waals surface area (Å²) >= 11 is 0. The van der Waals surface area contributed by atoms with Crippen LogP contribution in [0, 0.1) is 6.92 Å². The van der Waals surface area contributed by atoms with Gasteiger partial charge in [-0.2, -0.15) is 0 Å². The zero-order valence-electron chi connectivity index (χ0n) is 15.9. The highest BCUT2D eigenvalue weighted by molar-refractivity contribution is 5.78. The van der Waals surface area contributed by atoms with Gasteiger partial charge in [0, 0.05) is 37.9 Å². The van der Waals surface area contributed by atoms with E-state index in [2.05, 4.69) is 50.1 Å². The number of fused-ring (bicyclic) bond motifs is 1. The first-order valence-corrected chi connectivity index (χ1v) is 9.79. The van der Waals surface area contributed by atoms with Crippen LogP contribution in [0.25, 0.3) is 11.0 Å². The van der Waals surface area contributed by atoms with Gasteiger partial charge in [0.15, 0.2) is 0 Å². The molecule has 0 bridgehead atoms. The number of hydrogen-bond acceptors (Lipinski definition) is 5. The van der Waals surface area contributed by atoms with E-state index in [9.17, 15) is 0 Å². The third-order valence-corrected chi connectivity index (χ3v) is 5.29. The maximum Gasteiger partial charge on any atom is 0.204 e. The summed E-state index contributed by atoms with van der Waals surface area (Å²) in [7, 11) is 0. The predicted molar refractivity (Wildman–Crippen MR) is 110 cm³/mol. The Labute approximate surface area is 160 Å². The van der Waals surface area contributed by atoms with E-state index in [1.54, 1.807) is 0 Å². The summed E-state index contributed by atoms with van der Waals surface area (Å²) in [6.07, 6.45) is 2.23. The van der Waals surface area contributed by atoms with Crippen LogP contribution < -0.4 is 11.1 Å². The lowest BCUT2D eigenvalue weighted by Crippen LogP contribution is -2.41. The number of nitrogens with zero attached hydrogens (tertiary/aromatic N) is 4. The number of benzene rings is 1. The van der Waals surface area contributed by atoms with Crippen LogP contribution in [0.1, 0.15) is 24.2 Å². The van der Waals surface area contributed by atoms with Gasteiger partial charge >= 0.3 is 0 Å². The largest absolute Gasteiger partial charge is 0.353 e. The van der Waals surface area contributed by atoms with E-state index in [1.807, 2.05) is 19.1 Å². The number of anilines is 1. The molecule has 0 spiro atoms. The maximum absolute atomic E-state index is 5.69. The Morgan fingerprint density at radius 3 is 2.67 bits per heavy atom. The van der Waals surface area contributed by atoms with E-state index in [1.165, 1.54) is 0 Å². The van der Waals surface area contributed by atoms with Crippen molar-refractivity contribution in [3.8, 4) is 0 Å². The molecule has 0 saturated carbocycles. The van der Waals surface area contributed by atoms with Gasteiger partial charge in [-0.1, -0.05) is 18.2 Å². The molecule has 1 fully saturated rings. The van der Waals surface area contributed by atoms with Crippen molar-refractivity contribution < 1.29 is 0 Å². The lowest BCUT2D eigenvalue weighted by molar-refractivity contribution is 0.224. The Hall–Kier alpha value is -2.44. The zero-order chi connectivity index (χ0) is 18.6. The van der Waals surface area contributed by atoms with Crippen LogP contribution >= 0.6 is 0 Å². The molecule has 0 unspecified atom stereocenters. The average Bonchev–Trinajstić information content (AvgIpc) is 3.01. The van der Waals surface area contributed by atoms with E-state index in [-0.39, 0.29) is 0 Å². The minimum absolute atomic E-state index is 0.444. The topological polar surface area (TPSA) is 72.0 Å². The van der Waals surface area contributed by atoms with Gasteiger partial charge in [-0.05, 0) is 44.0 Å². The molecule has 2 aromatic heterocycles. The van der Waals surface area contributed by atoms with Crippen molar-refractivity contribution in [2.75, 3.05) is 31.5 Å². The number of pyridine rings is 1. The Balaban J connectivity index is 1.57. The average molecular weight is 364 g/mol. The van der Waals surface area contributed by atoms with Gasteiger partial charge in [-0.15, -0.1) is 0 Å². The highest BCUT2D eigenvalue weighted by atomic mass is 15.2. The van der Waals surface area contributed by atoms with Crippen LogP contribution in [0.5, 0.6) is 0 Å². The summed E-state index contributed by atoms with van der Waals surface area (Å²) in [5, 5.41) is 3.70. The molecule has 3 N–H and O–H groups in total. The molecule has 142 valence electrons. The highest BCUT2D eigenvalue weighted by Gasteiger charge is 2.21. The van der Waals surface area contributed by atoms with E-state index in [0.717, 1.165) is 73.9 Å². The second-order valence-electron chi connectivity index (χ2n) is 7.33. The Morgan fingerprint density at radius 2 is 1.89 bits per heavy atom. The maximum atomic E-state index is 5.69. The fraction of sp³-hybridized carbons (Fsp3) is 0.429. The van der Waals surface area contributed by atoms with Crippen molar-refractivity contribution in [3.63, 3.8) is 0 Å². The normalized spacial score (nSPS) is 16.1. The van der Waals surface area contributed by atoms with Gasteiger partial charge in [0.05, 0.1) is 23.3 Å². The van der Waals surface area contributed by atoms with Crippen molar-refractivity contribution >= 4 is 17.0 Å². The molecule has 1 saturated heterocycles. The Kier molecular flexibility index (Phi) is 5.36. The summed E-state index contributed by atoms with van der Waals surface area (Å²) < 4.78 is 2.25. The van der Waals surface area contributed by atoms with E-state index < -0.39 is 0 Å². The second kappa shape index (κ2) is 8.06. The third kappa shape index (κ3) is 4.12. The molecule has 6 nitrogen and oxygen atoms in total. The quantitative estimate of drug-likeness (QED) is 0.703. The smallest absolute Gasteiger partial charge is 0.204 e. The van der Waals surface area contributed by atoms with Gasteiger partial charge < -0.3 is 20.5 Å². The molecule has 4 rings (SSSR count). The standard InChI is InChI=1S/C21H28N6/c1-16-5-4-6-18(23-16)15-27-20-8-3-2-7-19(20)25-21(27)24-17-9-12-26(13-10-17)14-11-22/h2-8,17H,9-15,22H2,1H3,(H,24,25). The van der Waals surface area contributed by atoms with Crippen LogP contribution in [0.4, 0.5) is 5.95 Å². The minimum Gasteiger partial charge on any atom is -0.353 e. The van der Waals surface area contributed by atoms with Crippen molar-refractivity contribution in [3.05, 3.63) is 53.9 Å². The summed E-state index contributed by atoms with van der Waals surface area (Å²) in [4.78, 5) is 12.0. The minimum atomic E-state index is 0.444. The number of aryl methyl sites for hydroxylation is 1. The molecule has 1 aromatic carbocycles. The van der Waals surface area contributed by atoms with Crippen molar-refractivity contribution in [1.29, 1.82) is 0 Å². The van der Waals surface area contributed by atoms with Crippen LogP contribution in [-0.4, -0.2) is 51.7 Å². The fourth-order valence-corrected chi connectivity index (χ4v) is 3.86. The first-order valence-electron chi connectivity index (χ1n) is 9.79. The van der Waals surface area contributed by atoms with Crippen LogP contribution in [0.15, 0.2) is 42.5 Å². The van der Waals surface area contributed by atoms with Gasteiger partial charge in [-0.25, -0.2) is 4.98 Å². The molecule has 1 aliphatic rings. The Morgan fingerprint density at radius 1 is 1.07 bits per heavy atom. The van der Waals surface area contributed by atoms with Gasteiger partial charge in [0.2, 0.25) is 5.95 Å². The lowest BCUT2D eigenvalue weighted by atomic mass is 10.1. The number of rotatable bonds is 6. The van der Waals surface area contributed by atoms with Gasteiger partial charge in [0.1, 0.15) is 0 Å². The molecular weight excluding hydrogens is 336 g/mol. The molecule has 0 radical (unpaired) electrons. The summed E-state index contributed by atoms with van der Waals surface area (Å²) in [6, 6.07) is 14.9. The van der Waals surface area contributed by atoms with Gasteiger partial charge in [0.25, 0.3) is 0 Å². The first kappa shape index (κ1) is 17.9. The molecule has 3 aromatic rings. The van der Waals surface area contributed by atoms with Crippen molar-refractivity contribution in [2.24, 2.45) is 5.73 Å². The number of hydrogen-bond donors (Lipinski definition) is 2. The summed E-state index contributed by atoms with van der Waals surface area (Å²) in [5.41, 5.74) is 9.95. The van der Waals surface area contributed by atoms with E-state index >= 15 is 0 Å². The van der Waals surface area contributed by atoms with E-state index in [0.29, 0.717) is 6.04 Å². The number of para-hydroxylation sites is 2. The van der Waals surface area contributed by atoms with Crippen LogP contribution in [0.3, 0.4) is 0 Å². The molecule has 0 aliphatic carbocycles. The molecule has 1 aliphatic heterocycles. The molecular formula is C21H28N6. The molecule has 0 atom stereocenters. The lowest BCUT2D eigenvalue weighted by Gasteiger charge is -2.32. The molecule has 27 heavy (non-hydrogen) atoms. The molecule has 6 heteroatoms. The monoisotopic (exact) mass is 364 g/mol. The van der Waals surface area contributed by atoms with Crippen LogP contribution in [-0.2, 0) is 6.54 Å². The van der Waals surface area contributed by atoms with Gasteiger partial charge in [-0.3, -0.25) is 4.98 Å².